The Morgan fingerprint density at radius 1 is 1.33 bits per heavy atom. The van der Waals surface area contributed by atoms with Crippen molar-refractivity contribution in [3.05, 3.63) is 17.2 Å². The van der Waals surface area contributed by atoms with Gasteiger partial charge in [-0.1, -0.05) is 0 Å². The summed E-state index contributed by atoms with van der Waals surface area (Å²) in [5.74, 6) is 0.522. The molecule has 0 unspecified atom stereocenters. The summed E-state index contributed by atoms with van der Waals surface area (Å²) in [5.41, 5.74) is 4.67. The number of imidazole rings is 1. The predicted octanol–water partition coefficient (Wildman–Crippen LogP) is 1.70. The van der Waals surface area contributed by atoms with Gasteiger partial charge in [0.25, 0.3) is 0 Å². The summed E-state index contributed by atoms with van der Waals surface area (Å²) >= 11 is 0. The minimum atomic E-state index is -4.39. The van der Waals surface area contributed by atoms with Gasteiger partial charge in [0.2, 0.25) is 0 Å². The molecule has 2 heterocycles. The molecule has 1 aliphatic heterocycles. The van der Waals surface area contributed by atoms with Crippen molar-refractivity contribution in [1.29, 1.82) is 0 Å². The van der Waals surface area contributed by atoms with Gasteiger partial charge in [0.15, 0.2) is 5.69 Å². The molecular weight excluding hydrogens is 207 g/mol. The van der Waals surface area contributed by atoms with Gasteiger partial charge in [-0.25, -0.2) is 4.98 Å². The molecule has 2 N–H and O–H groups in total. The first-order valence-electron chi connectivity index (χ1n) is 4.89. The van der Waals surface area contributed by atoms with Crippen LogP contribution in [0.5, 0.6) is 0 Å². The van der Waals surface area contributed by atoms with Gasteiger partial charge in [-0.3, -0.25) is 0 Å². The Kier molecular flexibility index (Phi) is 2.46. The van der Waals surface area contributed by atoms with Crippen molar-refractivity contribution in [2.45, 2.75) is 38.5 Å². The van der Waals surface area contributed by atoms with E-state index in [4.69, 9.17) is 5.73 Å². The minimum absolute atomic E-state index is 0.109. The summed E-state index contributed by atoms with van der Waals surface area (Å²) in [5, 5.41) is 0. The molecule has 84 valence electrons. The fourth-order valence-electron chi connectivity index (χ4n) is 1.98. The first kappa shape index (κ1) is 10.5. The summed E-state index contributed by atoms with van der Waals surface area (Å²) in [7, 11) is 0. The predicted molar refractivity (Wildman–Crippen MR) is 48.1 cm³/mol. The Morgan fingerprint density at radius 3 is 2.67 bits per heavy atom. The number of nitrogens with two attached hydrogens (primary N) is 1. The maximum absolute atomic E-state index is 12.6. The van der Waals surface area contributed by atoms with Crippen molar-refractivity contribution in [2.75, 3.05) is 0 Å². The van der Waals surface area contributed by atoms with Crippen LogP contribution in [0.25, 0.3) is 0 Å². The topological polar surface area (TPSA) is 43.8 Å². The van der Waals surface area contributed by atoms with Gasteiger partial charge in [0.1, 0.15) is 5.82 Å². The Bertz CT molecular complexity index is 367. The van der Waals surface area contributed by atoms with Crippen LogP contribution >= 0.6 is 0 Å². The van der Waals surface area contributed by atoms with E-state index in [2.05, 4.69) is 4.98 Å². The van der Waals surface area contributed by atoms with Crippen molar-refractivity contribution in [1.82, 2.24) is 9.55 Å². The number of aryl methyl sites for hydroxylation is 1. The molecule has 0 fully saturated rings. The number of fused-ring (bicyclic) bond motifs is 1. The largest absolute Gasteiger partial charge is 0.435 e. The van der Waals surface area contributed by atoms with Crippen molar-refractivity contribution >= 4 is 0 Å². The zero-order chi connectivity index (χ0) is 11.1. The van der Waals surface area contributed by atoms with Gasteiger partial charge in [-0.05, 0) is 12.8 Å². The Balaban J connectivity index is 2.51. The highest BCUT2D eigenvalue weighted by Gasteiger charge is 2.38. The van der Waals surface area contributed by atoms with E-state index >= 15 is 0 Å². The van der Waals surface area contributed by atoms with Crippen LogP contribution in [0.1, 0.15) is 30.1 Å². The summed E-state index contributed by atoms with van der Waals surface area (Å²) < 4.78 is 39.4. The van der Waals surface area contributed by atoms with Crippen LogP contribution < -0.4 is 5.73 Å². The highest BCUT2D eigenvalue weighted by Crippen LogP contribution is 2.33. The van der Waals surface area contributed by atoms with Crippen LogP contribution in [0.3, 0.4) is 0 Å². The number of rotatable bonds is 1. The molecule has 0 radical (unpaired) electrons. The van der Waals surface area contributed by atoms with Gasteiger partial charge in [-0.2, -0.15) is 13.2 Å². The maximum Gasteiger partial charge on any atom is 0.435 e. The Morgan fingerprint density at radius 2 is 2.07 bits per heavy atom. The van der Waals surface area contributed by atoms with Gasteiger partial charge < -0.3 is 10.3 Å². The Hall–Kier alpha value is -1.04. The van der Waals surface area contributed by atoms with E-state index in [0.717, 1.165) is 12.8 Å². The molecule has 15 heavy (non-hydrogen) atoms. The molecule has 0 spiro atoms. The second kappa shape index (κ2) is 3.52. The zero-order valence-corrected chi connectivity index (χ0v) is 8.14. The van der Waals surface area contributed by atoms with Crippen LogP contribution in [-0.2, 0) is 25.7 Å². The normalized spacial score (nSPS) is 16.5. The average Bonchev–Trinajstić information content (AvgIpc) is 2.55. The number of aromatic nitrogens is 2. The smallest absolute Gasteiger partial charge is 0.330 e. The fourth-order valence-corrected chi connectivity index (χ4v) is 1.98. The minimum Gasteiger partial charge on any atom is -0.330 e. The number of hydrogen-bond acceptors (Lipinski definition) is 2. The second-order valence-electron chi connectivity index (χ2n) is 3.63. The number of halogens is 3. The van der Waals surface area contributed by atoms with E-state index in [0.29, 0.717) is 18.8 Å². The maximum atomic E-state index is 12.6. The SMILES string of the molecule is NCc1c(C(F)(F)F)nc2n1CCCC2. The van der Waals surface area contributed by atoms with E-state index in [-0.39, 0.29) is 12.2 Å². The first-order chi connectivity index (χ1) is 7.04. The molecule has 1 aromatic heterocycles. The highest BCUT2D eigenvalue weighted by molar-refractivity contribution is 5.21. The number of nitrogens with zero attached hydrogens (tertiary/aromatic N) is 2. The summed E-state index contributed by atoms with van der Waals surface area (Å²) in [6, 6.07) is 0. The monoisotopic (exact) mass is 219 g/mol. The molecule has 0 saturated carbocycles. The van der Waals surface area contributed by atoms with Crippen molar-refractivity contribution in [3.63, 3.8) is 0 Å². The Labute approximate surface area is 85.1 Å². The molecular formula is C9H12F3N3. The van der Waals surface area contributed by atoms with E-state index in [9.17, 15) is 13.2 Å². The van der Waals surface area contributed by atoms with Crippen LogP contribution in [-0.4, -0.2) is 9.55 Å². The third-order valence-electron chi connectivity index (χ3n) is 2.65. The zero-order valence-electron chi connectivity index (χ0n) is 8.14. The molecule has 3 nitrogen and oxygen atoms in total. The molecule has 1 aliphatic rings. The quantitative estimate of drug-likeness (QED) is 0.781. The van der Waals surface area contributed by atoms with Gasteiger partial charge in [-0.15, -0.1) is 0 Å². The third-order valence-corrected chi connectivity index (χ3v) is 2.65. The molecule has 1 aromatic rings. The molecule has 0 aliphatic carbocycles. The van der Waals surface area contributed by atoms with Gasteiger partial charge in [0.05, 0.1) is 5.69 Å². The standard InChI is InChI=1S/C9H12F3N3/c10-9(11,12)8-6(5-13)15-4-2-1-3-7(15)14-8/h1-5,13H2. The van der Waals surface area contributed by atoms with Crippen LogP contribution in [0.15, 0.2) is 0 Å². The van der Waals surface area contributed by atoms with Crippen molar-refractivity contribution < 1.29 is 13.2 Å². The highest BCUT2D eigenvalue weighted by atomic mass is 19.4. The summed E-state index contributed by atoms with van der Waals surface area (Å²) in [6.07, 6.45) is -1.98. The molecule has 0 aromatic carbocycles. The molecule has 6 heteroatoms. The molecule has 2 rings (SSSR count). The number of alkyl halides is 3. The van der Waals surface area contributed by atoms with Crippen molar-refractivity contribution in [2.24, 2.45) is 5.73 Å². The molecule has 0 saturated heterocycles. The summed E-state index contributed by atoms with van der Waals surface area (Å²) in [4.78, 5) is 3.65. The van der Waals surface area contributed by atoms with E-state index in [1.165, 1.54) is 0 Å². The lowest BCUT2D eigenvalue weighted by Crippen LogP contribution is -2.17. The second-order valence-corrected chi connectivity index (χ2v) is 3.63. The first-order valence-corrected chi connectivity index (χ1v) is 4.89. The van der Waals surface area contributed by atoms with E-state index < -0.39 is 11.9 Å². The molecule has 0 amide bonds. The van der Waals surface area contributed by atoms with E-state index in [1.807, 2.05) is 0 Å². The lowest BCUT2D eigenvalue weighted by Gasteiger charge is -2.15. The molecule has 0 atom stereocenters. The van der Waals surface area contributed by atoms with Crippen LogP contribution in [0, 0.1) is 0 Å². The fraction of sp³-hybridized carbons (Fsp3) is 0.667. The summed E-state index contributed by atoms with van der Waals surface area (Å²) in [6.45, 7) is 0.493. The van der Waals surface area contributed by atoms with Gasteiger partial charge >= 0.3 is 6.18 Å². The molecule has 0 bridgehead atoms. The average molecular weight is 219 g/mol. The van der Waals surface area contributed by atoms with Crippen LogP contribution in [0.4, 0.5) is 13.2 Å². The van der Waals surface area contributed by atoms with Crippen molar-refractivity contribution in [3.8, 4) is 0 Å². The number of hydrogen-bond donors (Lipinski definition) is 1. The lowest BCUT2D eigenvalue weighted by molar-refractivity contribution is -0.141. The van der Waals surface area contributed by atoms with Crippen LogP contribution in [0.2, 0.25) is 0 Å². The van der Waals surface area contributed by atoms with Gasteiger partial charge in [0, 0.05) is 19.5 Å². The lowest BCUT2D eigenvalue weighted by atomic mass is 10.1. The third kappa shape index (κ3) is 1.73. The van der Waals surface area contributed by atoms with E-state index in [1.54, 1.807) is 4.57 Å².